The van der Waals surface area contributed by atoms with E-state index in [1.54, 1.807) is 0 Å². The molecule has 1 unspecified atom stereocenters. The van der Waals surface area contributed by atoms with Crippen LogP contribution in [0.25, 0.3) is 11.3 Å². The number of carbonyl (C=O) groups excluding carboxylic acids is 1. The lowest BCUT2D eigenvalue weighted by Gasteiger charge is -2.31. The minimum absolute atomic E-state index is 0.196. The molecule has 5 heteroatoms. The molecule has 3 heterocycles. The van der Waals surface area contributed by atoms with Gasteiger partial charge < -0.3 is 9.97 Å². The number of H-pyrrole nitrogens is 2. The van der Waals surface area contributed by atoms with E-state index < -0.39 is 0 Å². The Labute approximate surface area is 159 Å². The summed E-state index contributed by atoms with van der Waals surface area (Å²) >= 11 is 0. The van der Waals surface area contributed by atoms with Gasteiger partial charge in [0.25, 0.3) is 0 Å². The summed E-state index contributed by atoms with van der Waals surface area (Å²) in [5.74, 6) is 1.57. The molecule has 5 nitrogen and oxygen atoms in total. The van der Waals surface area contributed by atoms with Crippen molar-refractivity contribution in [2.24, 2.45) is 0 Å². The minimum Gasteiger partial charge on any atom is -0.362 e. The normalized spacial score (nSPS) is 17.9. The lowest BCUT2D eigenvalue weighted by molar-refractivity contribution is 0.0905. The second-order valence-electron chi connectivity index (χ2n) is 7.54. The van der Waals surface area contributed by atoms with E-state index in [2.05, 4.69) is 32.0 Å². The van der Waals surface area contributed by atoms with Gasteiger partial charge in [-0.15, -0.1) is 0 Å². The number of carbonyl (C=O) groups is 1. The number of aromatic nitrogens is 3. The summed E-state index contributed by atoms with van der Waals surface area (Å²) in [4.78, 5) is 26.3. The molecule has 1 aromatic carbocycles. The number of imidazole rings is 1. The van der Waals surface area contributed by atoms with Crippen LogP contribution >= 0.6 is 0 Å². The zero-order chi connectivity index (χ0) is 18.8. The molecule has 3 aromatic rings. The van der Waals surface area contributed by atoms with E-state index in [4.69, 9.17) is 0 Å². The van der Waals surface area contributed by atoms with Gasteiger partial charge in [0, 0.05) is 29.4 Å². The number of Topliss-reactive ketones (excluding diaryl/α,β-unsaturated/α-hetero) is 1. The molecule has 1 aliphatic heterocycles. The van der Waals surface area contributed by atoms with Crippen molar-refractivity contribution >= 4 is 5.78 Å². The molecule has 0 aliphatic carbocycles. The van der Waals surface area contributed by atoms with Crippen LogP contribution in [0.2, 0.25) is 0 Å². The van der Waals surface area contributed by atoms with Gasteiger partial charge in [-0.25, -0.2) is 4.98 Å². The summed E-state index contributed by atoms with van der Waals surface area (Å²) in [5, 5.41) is 0. The van der Waals surface area contributed by atoms with E-state index >= 15 is 0 Å². The number of rotatable bonds is 5. The number of piperidine rings is 1. The molecule has 0 radical (unpaired) electrons. The molecule has 4 rings (SSSR count). The molecule has 1 aliphatic rings. The SMILES string of the molecule is Cc1cc(C(=O)CN2CCCC(c3ncc(-c4ccccc4)[nH]3)C2)c(C)[nH]1. The molecule has 0 spiro atoms. The number of hydrogen-bond acceptors (Lipinski definition) is 3. The smallest absolute Gasteiger partial charge is 0.178 e. The third-order valence-electron chi connectivity index (χ3n) is 5.39. The van der Waals surface area contributed by atoms with Crippen molar-refractivity contribution in [2.75, 3.05) is 19.6 Å². The van der Waals surface area contributed by atoms with Gasteiger partial charge in [-0.05, 0) is 44.9 Å². The largest absolute Gasteiger partial charge is 0.362 e. The van der Waals surface area contributed by atoms with Crippen LogP contribution in [0.4, 0.5) is 0 Å². The number of hydrogen-bond donors (Lipinski definition) is 2. The van der Waals surface area contributed by atoms with E-state index in [1.807, 2.05) is 44.3 Å². The van der Waals surface area contributed by atoms with Crippen molar-refractivity contribution in [3.63, 3.8) is 0 Å². The standard InChI is InChI=1S/C22H26N4O/c1-15-11-19(16(2)24-15)21(27)14-26-10-6-9-18(13-26)22-23-12-20(25-22)17-7-4-3-5-8-17/h3-5,7-8,11-12,18,24H,6,9-10,13-14H2,1-2H3,(H,23,25). The van der Waals surface area contributed by atoms with Gasteiger partial charge >= 0.3 is 0 Å². The molecule has 2 N–H and O–H groups in total. The fourth-order valence-electron chi connectivity index (χ4n) is 4.03. The molecule has 1 fully saturated rings. The molecule has 1 atom stereocenters. The topological polar surface area (TPSA) is 64.8 Å². The van der Waals surface area contributed by atoms with Crippen molar-refractivity contribution in [2.45, 2.75) is 32.6 Å². The lowest BCUT2D eigenvalue weighted by Crippen LogP contribution is -2.38. The Balaban J connectivity index is 1.43. The van der Waals surface area contributed by atoms with Crippen molar-refractivity contribution in [1.82, 2.24) is 19.9 Å². The maximum atomic E-state index is 12.7. The number of nitrogens with one attached hydrogen (secondary N) is 2. The Morgan fingerprint density at radius 1 is 1.22 bits per heavy atom. The molecule has 0 bridgehead atoms. The van der Waals surface area contributed by atoms with Gasteiger partial charge in [0.15, 0.2) is 5.78 Å². The summed E-state index contributed by atoms with van der Waals surface area (Å²) in [6.45, 7) is 6.27. The van der Waals surface area contributed by atoms with Crippen LogP contribution in [0.15, 0.2) is 42.6 Å². The summed E-state index contributed by atoms with van der Waals surface area (Å²) in [6, 6.07) is 12.2. The highest BCUT2D eigenvalue weighted by Crippen LogP contribution is 2.27. The van der Waals surface area contributed by atoms with E-state index in [0.29, 0.717) is 12.5 Å². The summed E-state index contributed by atoms with van der Waals surface area (Å²) in [6.07, 6.45) is 4.11. The summed E-state index contributed by atoms with van der Waals surface area (Å²) < 4.78 is 0. The Bertz CT molecular complexity index is 925. The molecule has 140 valence electrons. The first-order valence-electron chi connectivity index (χ1n) is 9.62. The van der Waals surface area contributed by atoms with Crippen LogP contribution in [-0.2, 0) is 0 Å². The summed E-state index contributed by atoms with van der Waals surface area (Å²) in [5.41, 5.74) is 5.02. The van der Waals surface area contributed by atoms with Crippen LogP contribution in [0, 0.1) is 13.8 Å². The molecule has 27 heavy (non-hydrogen) atoms. The van der Waals surface area contributed by atoms with Crippen molar-refractivity contribution in [3.05, 3.63) is 65.4 Å². The number of nitrogens with zero attached hydrogens (tertiary/aromatic N) is 2. The fourth-order valence-corrected chi connectivity index (χ4v) is 4.03. The van der Waals surface area contributed by atoms with Gasteiger partial charge in [-0.2, -0.15) is 0 Å². The number of aromatic amines is 2. The van der Waals surface area contributed by atoms with Crippen LogP contribution in [-0.4, -0.2) is 45.3 Å². The Morgan fingerprint density at radius 2 is 2.04 bits per heavy atom. The number of ketones is 1. The molecular weight excluding hydrogens is 336 g/mol. The van der Waals surface area contributed by atoms with E-state index in [1.165, 1.54) is 0 Å². The highest BCUT2D eigenvalue weighted by molar-refractivity contribution is 5.98. The van der Waals surface area contributed by atoms with Crippen LogP contribution in [0.1, 0.15) is 46.3 Å². The van der Waals surface area contributed by atoms with Crippen molar-refractivity contribution in [3.8, 4) is 11.3 Å². The summed E-state index contributed by atoms with van der Waals surface area (Å²) in [7, 11) is 0. The Kier molecular flexibility index (Phi) is 4.94. The molecule has 0 saturated carbocycles. The second-order valence-corrected chi connectivity index (χ2v) is 7.54. The maximum absolute atomic E-state index is 12.7. The third-order valence-corrected chi connectivity index (χ3v) is 5.39. The monoisotopic (exact) mass is 362 g/mol. The van der Waals surface area contributed by atoms with E-state index in [0.717, 1.165) is 60.0 Å². The quantitative estimate of drug-likeness (QED) is 0.672. The first-order valence-corrected chi connectivity index (χ1v) is 9.62. The van der Waals surface area contributed by atoms with E-state index in [-0.39, 0.29) is 5.78 Å². The maximum Gasteiger partial charge on any atom is 0.178 e. The van der Waals surface area contributed by atoms with E-state index in [9.17, 15) is 4.79 Å². The number of benzene rings is 1. The Hall–Kier alpha value is -2.66. The zero-order valence-corrected chi connectivity index (χ0v) is 16.0. The van der Waals surface area contributed by atoms with Crippen LogP contribution in [0.5, 0.6) is 0 Å². The predicted molar refractivity (Wildman–Crippen MR) is 107 cm³/mol. The number of likely N-dealkylation sites (tertiary alicyclic amines) is 1. The van der Waals surface area contributed by atoms with Gasteiger partial charge in [0.2, 0.25) is 0 Å². The fraction of sp³-hybridized carbons (Fsp3) is 0.364. The van der Waals surface area contributed by atoms with Crippen LogP contribution in [0.3, 0.4) is 0 Å². The highest BCUT2D eigenvalue weighted by atomic mass is 16.1. The lowest BCUT2D eigenvalue weighted by atomic mass is 9.97. The van der Waals surface area contributed by atoms with Gasteiger partial charge in [0.05, 0.1) is 18.4 Å². The Morgan fingerprint density at radius 3 is 2.78 bits per heavy atom. The van der Waals surface area contributed by atoms with Gasteiger partial charge in [-0.3, -0.25) is 9.69 Å². The molecule has 1 saturated heterocycles. The minimum atomic E-state index is 0.196. The average molecular weight is 362 g/mol. The first-order chi connectivity index (χ1) is 13.1. The zero-order valence-electron chi connectivity index (χ0n) is 16.0. The highest BCUT2D eigenvalue weighted by Gasteiger charge is 2.26. The van der Waals surface area contributed by atoms with Gasteiger partial charge in [-0.1, -0.05) is 30.3 Å². The number of aryl methyl sites for hydroxylation is 2. The average Bonchev–Trinajstić information content (AvgIpc) is 3.29. The molecule has 2 aromatic heterocycles. The molecular formula is C22H26N4O. The van der Waals surface area contributed by atoms with Crippen molar-refractivity contribution < 1.29 is 4.79 Å². The first kappa shape index (κ1) is 17.7. The predicted octanol–water partition coefficient (Wildman–Crippen LogP) is 4.08. The third kappa shape index (κ3) is 3.88. The van der Waals surface area contributed by atoms with Crippen LogP contribution < -0.4 is 0 Å². The van der Waals surface area contributed by atoms with Gasteiger partial charge in [0.1, 0.15) is 5.82 Å². The van der Waals surface area contributed by atoms with Crippen molar-refractivity contribution in [1.29, 1.82) is 0 Å². The second kappa shape index (κ2) is 7.53. The molecule has 0 amide bonds.